The fourth-order valence-corrected chi connectivity index (χ4v) is 3.87. The molecule has 0 bridgehead atoms. The molecular weight excluding hydrogens is 281 g/mol. The number of hydrogen-bond donors (Lipinski definition) is 0. The second-order valence-corrected chi connectivity index (χ2v) is 6.11. The number of fused-ring (bicyclic) bond motifs is 1. The van der Waals surface area contributed by atoms with Gasteiger partial charge in [0.25, 0.3) is 0 Å². The van der Waals surface area contributed by atoms with Crippen LogP contribution in [0.2, 0.25) is 0 Å². The number of nitriles is 1. The molecule has 1 aromatic carbocycles. The highest BCUT2D eigenvalue weighted by atomic mass is 31.2. The van der Waals surface area contributed by atoms with Crippen LogP contribution in [-0.4, -0.2) is 19.2 Å². The highest BCUT2D eigenvalue weighted by Gasteiger charge is 2.46. The molecule has 1 aliphatic heterocycles. The third-order valence-corrected chi connectivity index (χ3v) is 4.99. The van der Waals surface area contributed by atoms with Crippen molar-refractivity contribution in [1.29, 1.82) is 5.26 Å². The van der Waals surface area contributed by atoms with Crippen molar-refractivity contribution >= 4 is 13.6 Å². The minimum Gasteiger partial charge on any atom is -0.441 e. The number of esters is 1. The Morgan fingerprint density at radius 3 is 2.55 bits per heavy atom. The van der Waals surface area contributed by atoms with E-state index in [1.165, 1.54) is 12.1 Å². The van der Waals surface area contributed by atoms with Crippen molar-refractivity contribution in [3.05, 3.63) is 34.9 Å². The molecule has 0 saturated carbocycles. The lowest BCUT2D eigenvalue weighted by molar-refractivity contribution is 0.0440. The maximum atomic E-state index is 12.7. The first kappa shape index (κ1) is 14.7. The summed E-state index contributed by atoms with van der Waals surface area (Å²) in [5.41, 5.74) is 0.997. The number of cyclic esters (lactones) is 1. The summed E-state index contributed by atoms with van der Waals surface area (Å²) in [5.74, 6) is -1.70. The highest BCUT2D eigenvalue weighted by molar-refractivity contribution is 7.54. The van der Waals surface area contributed by atoms with Gasteiger partial charge in [0.1, 0.15) is 0 Å². The Kier molecular flexibility index (Phi) is 4.24. The highest BCUT2D eigenvalue weighted by Crippen LogP contribution is 2.63. The van der Waals surface area contributed by atoms with Crippen LogP contribution in [0, 0.1) is 11.3 Å². The van der Waals surface area contributed by atoms with Gasteiger partial charge in [0.05, 0.1) is 30.4 Å². The van der Waals surface area contributed by atoms with Gasteiger partial charge in [-0.2, -0.15) is 5.26 Å². The Labute approximate surface area is 116 Å². The number of rotatable bonds is 5. The van der Waals surface area contributed by atoms with Crippen LogP contribution in [0.1, 0.15) is 41.2 Å². The molecule has 0 N–H and O–H groups in total. The molecule has 0 spiro atoms. The van der Waals surface area contributed by atoms with Gasteiger partial charge in [-0.05, 0) is 26.0 Å². The number of ether oxygens (including phenoxy) is 1. The molecular formula is C13H14NO5P. The standard InChI is InChI=1S/C13H14NO5P/c1-3-17-20(16,18-4-2)13-10-6-5-9(8-14)7-11(10)12(15)19-13/h5-7,13H,3-4H2,1-2H3. The van der Waals surface area contributed by atoms with E-state index >= 15 is 0 Å². The van der Waals surface area contributed by atoms with E-state index in [4.69, 9.17) is 19.0 Å². The molecule has 0 aromatic heterocycles. The topological polar surface area (TPSA) is 85.6 Å². The van der Waals surface area contributed by atoms with E-state index < -0.39 is 19.4 Å². The van der Waals surface area contributed by atoms with Crippen LogP contribution < -0.4 is 0 Å². The zero-order valence-electron chi connectivity index (χ0n) is 11.2. The molecule has 2 rings (SSSR count). The summed E-state index contributed by atoms with van der Waals surface area (Å²) >= 11 is 0. The number of hydrogen-bond acceptors (Lipinski definition) is 6. The fourth-order valence-electron chi connectivity index (χ4n) is 2.01. The Morgan fingerprint density at radius 1 is 1.35 bits per heavy atom. The Balaban J connectivity index is 2.45. The molecule has 6 nitrogen and oxygen atoms in total. The van der Waals surface area contributed by atoms with E-state index in [-0.39, 0.29) is 18.8 Å². The predicted molar refractivity (Wildman–Crippen MR) is 70.2 cm³/mol. The SMILES string of the molecule is CCOP(=O)(OCC)C1OC(=O)c2cc(C#N)ccc21. The molecule has 1 aliphatic rings. The summed E-state index contributed by atoms with van der Waals surface area (Å²) in [5, 5.41) is 8.84. The molecule has 0 saturated heterocycles. The molecule has 1 atom stereocenters. The van der Waals surface area contributed by atoms with Gasteiger partial charge in [0, 0.05) is 5.56 Å². The first-order chi connectivity index (χ1) is 9.55. The van der Waals surface area contributed by atoms with Crippen LogP contribution in [-0.2, 0) is 18.3 Å². The van der Waals surface area contributed by atoms with Crippen LogP contribution in [0.3, 0.4) is 0 Å². The maximum Gasteiger partial charge on any atom is 0.375 e. The molecule has 1 unspecified atom stereocenters. The van der Waals surface area contributed by atoms with E-state index in [0.29, 0.717) is 11.1 Å². The van der Waals surface area contributed by atoms with Crippen molar-refractivity contribution in [1.82, 2.24) is 0 Å². The van der Waals surface area contributed by atoms with E-state index in [1.807, 2.05) is 6.07 Å². The largest absolute Gasteiger partial charge is 0.441 e. The molecule has 0 aliphatic carbocycles. The summed E-state index contributed by atoms with van der Waals surface area (Å²) in [6.45, 7) is 3.72. The van der Waals surface area contributed by atoms with Crippen molar-refractivity contribution in [2.24, 2.45) is 0 Å². The van der Waals surface area contributed by atoms with Crippen molar-refractivity contribution in [3.63, 3.8) is 0 Å². The molecule has 7 heteroatoms. The van der Waals surface area contributed by atoms with Crippen molar-refractivity contribution in [2.45, 2.75) is 19.7 Å². The van der Waals surface area contributed by atoms with Crippen LogP contribution >= 0.6 is 7.60 Å². The normalized spacial score (nSPS) is 17.4. The quantitative estimate of drug-likeness (QED) is 0.613. The first-order valence-electron chi connectivity index (χ1n) is 6.19. The summed E-state index contributed by atoms with van der Waals surface area (Å²) in [4.78, 5) is 11.8. The Morgan fingerprint density at radius 2 is 2.00 bits per heavy atom. The second-order valence-electron chi connectivity index (χ2n) is 4.05. The third kappa shape index (κ3) is 2.48. The number of carbonyl (C=O) groups is 1. The molecule has 106 valence electrons. The number of benzene rings is 1. The minimum atomic E-state index is -3.59. The van der Waals surface area contributed by atoms with Crippen LogP contribution in [0.5, 0.6) is 0 Å². The lowest BCUT2D eigenvalue weighted by Crippen LogP contribution is -2.06. The number of carbonyl (C=O) groups excluding carboxylic acids is 1. The Bertz CT molecular complexity index is 612. The average molecular weight is 295 g/mol. The van der Waals surface area contributed by atoms with E-state index in [9.17, 15) is 9.36 Å². The van der Waals surface area contributed by atoms with Crippen LogP contribution in [0.15, 0.2) is 18.2 Å². The molecule has 0 amide bonds. The summed E-state index contributed by atoms with van der Waals surface area (Å²) in [6.07, 6.45) is 0. The van der Waals surface area contributed by atoms with Gasteiger partial charge >= 0.3 is 13.6 Å². The molecule has 0 radical (unpaired) electrons. The second kappa shape index (κ2) is 5.76. The van der Waals surface area contributed by atoms with E-state index in [0.717, 1.165) is 0 Å². The van der Waals surface area contributed by atoms with Gasteiger partial charge in [-0.15, -0.1) is 0 Å². The van der Waals surface area contributed by atoms with E-state index in [1.54, 1.807) is 19.9 Å². The Hall–Kier alpha value is -1.67. The first-order valence-corrected chi connectivity index (χ1v) is 7.80. The lowest BCUT2D eigenvalue weighted by atomic mass is 10.1. The van der Waals surface area contributed by atoms with Crippen LogP contribution in [0.25, 0.3) is 0 Å². The van der Waals surface area contributed by atoms with Gasteiger partial charge in [0.15, 0.2) is 0 Å². The van der Waals surface area contributed by atoms with Gasteiger partial charge in [-0.3, -0.25) is 4.57 Å². The third-order valence-electron chi connectivity index (χ3n) is 2.79. The lowest BCUT2D eigenvalue weighted by Gasteiger charge is -2.22. The monoisotopic (exact) mass is 295 g/mol. The maximum absolute atomic E-state index is 12.7. The minimum absolute atomic E-state index is 0.178. The molecule has 1 aromatic rings. The summed E-state index contributed by atoms with van der Waals surface area (Å²) < 4.78 is 28.2. The fraction of sp³-hybridized carbons (Fsp3) is 0.385. The van der Waals surface area contributed by atoms with Gasteiger partial charge in [-0.25, -0.2) is 4.79 Å². The number of nitrogens with zero attached hydrogens (tertiary/aromatic N) is 1. The average Bonchev–Trinajstić information content (AvgIpc) is 2.77. The van der Waals surface area contributed by atoms with Crippen molar-refractivity contribution in [2.75, 3.05) is 13.2 Å². The smallest absolute Gasteiger partial charge is 0.375 e. The molecule has 20 heavy (non-hydrogen) atoms. The van der Waals surface area contributed by atoms with Crippen molar-refractivity contribution < 1.29 is 23.1 Å². The van der Waals surface area contributed by atoms with E-state index in [2.05, 4.69) is 0 Å². The zero-order chi connectivity index (χ0) is 14.8. The van der Waals surface area contributed by atoms with Gasteiger partial charge in [0.2, 0.25) is 5.85 Å². The van der Waals surface area contributed by atoms with Gasteiger partial charge in [-0.1, -0.05) is 6.07 Å². The van der Waals surface area contributed by atoms with Crippen LogP contribution in [0.4, 0.5) is 0 Å². The molecule has 0 fully saturated rings. The summed E-state index contributed by atoms with van der Waals surface area (Å²) in [6, 6.07) is 6.45. The summed E-state index contributed by atoms with van der Waals surface area (Å²) in [7, 11) is -3.59. The zero-order valence-corrected chi connectivity index (χ0v) is 12.1. The van der Waals surface area contributed by atoms with Gasteiger partial charge < -0.3 is 13.8 Å². The predicted octanol–water partition coefficient (Wildman–Crippen LogP) is 2.99. The van der Waals surface area contributed by atoms with Crippen molar-refractivity contribution in [3.8, 4) is 6.07 Å². The molecule has 1 heterocycles.